The Balaban J connectivity index is 1.50. The topological polar surface area (TPSA) is 66.8 Å². The second-order valence-corrected chi connectivity index (χ2v) is 6.26. The molecule has 0 spiro atoms. The third-order valence-corrected chi connectivity index (χ3v) is 4.47. The van der Waals surface area contributed by atoms with Gasteiger partial charge >= 0.3 is 0 Å². The molecule has 0 bridgehead atoms. The lowest BCUT2D eigenvalue weighted by atomic mass is 10.1. The van der Waals surface area contributed by atoms with Gasteiger partial charge in [-0.3, -0.25) is 10.2 Å². The summed E-state index contributed by atoms with van der Waals surface area (Å²) >= 11 is 0. The molecular formula is C19H19FN6. The lowest BCUT2D eigenvalue weighted by Gasteiger charge is -2.24. The second kappa shape index (κ2) is 7.53. The molecule has 26 heavy (non-hydrogen) atoms. The maximum atomic E-state index is 13.1. The Morgan fingerprint density at radius 2 is 1.77 bits per heavy atom. The van der Waals surface area contributed by atoms with Gasteiger partial charge in [0.1, 0.15) is 5.82 Å². The highest BCUT2D eigenvalue weighted by atomic mass is 19.1. The van der Waals surface area contributed by atoms with E-state index in [2.05, 4.69) is 30.2 Å². The molecule has 1 aromatic carbocycles. The zero-order valence-corrected chi connectivity index (χ0v) is 14.2. The van der Waals surface area contributed by atoms with Crippen LogP contribution < -0.4 is 5.32 Å². The van der Waals surface area contributed by atoms with E-state index in [1.165, 1.54) is 12.1 Å². The fourth-order valence-electron chi connectivity index (χ4n) is 3.26. The average molecular weight is 350 g/mol. The summed E-state index contributed by atoms with van der Waals surface area (Å²) in [7, 11) is 0. The van der Waals surface area contributed by atoms with Crippen LogP contribution >= 0.6 is 0 Å². The van der Waals surface area contributed by atoms with Crippen molar-refractivity contribution in [1.29, 1.82) is 0 Å². The number of rotatable bonds is 5. The molecular weight excluding hydrogens is 331 g/mol. The minimum Gasteiger partial charge on any atom is -0.293 e. The molecule has 0 radical (unpaired) electrons. The van der Waals surface area contributed by atoms with E-state index in [-0.39, 0.29) is 11.9 Å². The van der Waals surface area contributed by atoms with E-state index in [0.717, 1.165) is 37.2 Å². The summed E-state index contributed by atoms with van der Waals surface area (Å²) in [6, 6.07) is 10.6. The molecule has 3 heterocycles. The van der Waals surface area contributed by atoms with Gasteiger partial charge in [-0.25, -0.2) is 24.3 Å². The fourth-order valence-corrected chi connectivity index (χ4v) is 3.26. The van der Waals surface area contributed by atoms with Crippen LogP contribution in [0.4, 0.5) is 16.3 Å². The molecule has 0 unspecified atom stereocenters. The number of halogens is 1. The number of likely N-dealkylation sites (tertiary alicyclic amines) is 1. The first kappa shape index (κ1) is 16.5. The van der Waals surface area contributed by atoms with Crippen LogP contribution in [0, 0.1) is 5.82 Å². The van der Waals surface area contributed by atoms with E-state index in [9.17, 15) is 4.39 Å². The monoisotopic (exact) mass is 350 g/mol. The van der Waals surface area contributed by atoms with Gasteiger partial charge < -0.3 is 0 Å². The smallest absolute Gasteiger partial charge is 0.229 e. The average Bonchev–Trinajstić information content (AvgIpc) is 3.13. The zero-order chi connectivity index (χ0) is 17.8. The Labute approximate surface area is 151 Å². The summed E-state index contributed by atoms with van der Waals surface area (Å²) in [5, 5.41) is 3.03. The van der Waals surface area contributed by atoms with E-state index < -0.39 is 0 Å². The summed E-state index contributed by atoms with van der Waals surface area (Å²) < 4.78 is 13.1. The molecule has 0 aliphatic carbocycles. The van der Waals surface area contributed by atoms with Crippen molar-refractivity contribution >= 4 is 11.9 Å². The molecule has 1 atom stereocenters. The second-order valence-electron chi connectivity index (χ2n) is 6.26. The highest BCUT2D eigenvalue weighted by Crippen LogP contribution is 2.32. The van der Waals surface area contributed by atoms with Crippen molar-refractivity contribution in [3.63, 3.8) is 0 Å². The van der Waals surface area contributed by atoms with Crippen molar-refractivity contribution in [2.75, 3.05) is 11.9 Å². The number of benzene rings is 1. The summed E-state index contributed by atoms with van der Waals surface area (Å²) in [6.45, 7) is 1.77. The molecule has 4 rings (SSSR count). The summed E-state index contributed by atoms with van der Waals surface area (Å²) in [5.41, 5.74) is 2.07. The lowest BCUT2D eigenvalue weighted by molar-refractivity contribution is 0.244. The Hall–Kier alpha value is -2.93. The van der Waals surface area contributed by atoms with Crippen LogP contribution in [0.2, 0.25) is 0 Å². The third-order valence-electron chi connectivity index (χ3n) is 4.47. The van der Waals surface area contributed by atoms with Gasteiger partial charge in [0.05, 0.1) is 11.7 Å². The van der Waals surface area contributed by atoms with Crippen molar-refractivity contribution < 1.29 is 4.39 Å². The van der Waals surface area contributed by atoms with E-state index in [0.29, 0.717) is 11.9 Å². The van der Waals surface area contributed by atoms with Gasteiger partial charge in [-0.15, -0.1) is 0 Å². The van der Waals surface area contributed by atoms with Crippen LogP contribution in [-0.4, -0.2) is 31.4 Å². The maximum Gasteiger partial charge on any atom is 0.229 e. The highest BCUT2D eigenvalue weighted by molar-refractivity contribution is 5.41. The molecule has 0 amide bonds. The van der Waals surface area contributed by atoms with Crippen molar-refractivity contribution in [3.8, 4) is 0 Å². The van der Waals surface area contributed by atoms with Gasteiger partial charge in [0.2, 0.25) is 11.9 Å². The molecule has 1 N–H and O–H groups in total. The molecule has 1 aliphatic rings. The summed E-state index contributed by atoms with van der Waals surface area (Å²) in [5.74, 6) is 0.753. The van der Waals surface area contributed by atoms with Crippen molar-refractivity contribution in [2.45, 2.75) is 25.4 Å². The fraction of sp³-hybridized carbons (Fsp3) is 0.263. The normalized spacial score (nSPS) is 17.3. The summed E-state index contributed by atoms with van der Waals surface area (Å²) in [6.07, 6.45) is 7.24. The molecule has 0 saturated carbocycles. The van der Waals surface area contributed by atoms with Crippen LogP contribution in [0.5, 0.6) is 0 Å². The highest BCUT2D eigenvalue weighted by Gasteiger charge is 2.27. The van der Waals surface area contributed by atoms with Gasteiger partial charge in [0.15, 0.2) is 0 Å². The van der Waals surface area contributed by atoms with Gasteiger partial charge in [-0.05, 0) is 49.2 Å². The van der Waals surface area contributed by atoms with Gasteiger partial charge in [-0.2, -0.15) is 0 Å². The first-order valence-electron chi connectivity index (χ1n) is 8.63. The van der Waals surface area contributed by atoms with E-state index >= 15 is 0 Å². The molecule has 2 aromatic heterocycles. The van der Waals surface area contributed by atoms with Crippen LogP contribution in [0.1, 0.15) is 30.1 Å². The van der Waals surface area contributed by atoms with Gasteiger partial charge in [0.25, 0.3) is 0 Å². The van der Waals surface area contributed by atoms with E-state index in [1.54, 1.807) is 24.7 Å². The van der Waals surface area contributed by atoms with Crippen molar-refractivity contribution in [1.82, 2.24) is 24.8 Å². The molecule has 132 valence electrons. The maximum absolute atomic E-state index is 13.1. The van der Waals surface area contributed by atoms with Crippen molar-refractivity contribution in [3.05, 3.63) is 72.1 Å². The van der Waals surface area contributed by atoms with Crippen LogP contribution in [0.3, 0.4) is 0 Å². The van der Waals surface area contributed by atoms with Crippen LogP contribution in [0.25, 0.3) is 0 Å². The number of aromatic nitrogens is 4. The van der Waals surface area contributed by atoms with Gasteiger partial charge in [-0.1, -0.05) is 12.1 Å². The Bertz CT molecular complexity index is 855. The predicted octanol–water partition coefficient (Wildman–Crippen LogP) is 3.49. The Kier molecular flexibility index (Phi) is 4.79. The van der Waals surface area contributed by atoms with E-state index in [1.807, 2.05) is 18.2 Å². The Morgan fingerprint density at radius 1 is 1.00 bits per heavy atom. The van der Waals surface area contributed by atoms with Crippen molar-refractivity contribution in [2.24, 2.45) is 0 Å². The SMILES string of the molecule is Fc1ccc(CN2CCC[C@H]2c2ccnc(Nc3ncccn3)n2)cc1. The number of hydrogen-bond acceptors (Lipinski definition) is 6. The Morgan fingerprint density at radius 3 is 2.58 bits per heavy atom. The number of nitrogens with one attached hydrogen (secondary N) is 1. The summed E-state index contributed by atoms with van der Waals surface area (Å²) in [4.78, 5) is 19.6. The minimum absolute atomic E-state index is 0.207. The van der Waals surface area contributed by atoms with E-state index in [4.69, 9.17) is 0 Å². The number of anilines is 2. The van der Waals surface area contributed by atoms with Gasteiger partial charge in [0, 0.05) is 25.1 Å². The lowest BCUT2D eigenvalue weighted by Crippen LogP contribution is -2.23. The molecule has 1 saturated heterocycles. The number of nitrogens with zero attached hydrogens (tertiary/aromatic N) is 5. The largest absolute Gasteiger partial charge is 0.293 e. The zero-order valence-electron chi connectivity index (χ0n) is 14.2. The first-order valence-corrected chi connectivity index (χ1v) is 8.63. The number of hydrogen-bond donors (Lipinski definition) is 1. The van der Waals surface area contributed by atoms with Crippen LogP contribution in [0.15, 0.2) is 55.0 Å². The minimum atomic E-state index is -0.207. The molecule has 3 aromatic rings. The quantitative estimate of drug-likeness (QED) is 0.760. The molecule has 1 fully saturated rings. The third kappa shape index (κ3) is 3.83. The molecule has 6 nitrogen and oxygen atoms in total. The molecule has 7 heteroatoms. The first-order chi connectivity index (χ1) is 12.8. The predicted molar refractivity (Wildman–Crippen MR) is 96.1 cm³/mol. The standard InChI is InChI=1S/C19H19FN6/c20-15-6-4-14(5-7-15)13-26-12-1-3-17(26)16-8-11-23-19(24-16)25-18-21-9-2-10-22-18/h2,4-11,17H,1,3,12-13H2,(H,21,22,23,24,25)/t17-/m0/s1. The van der Waals surface area contributed by atoms with Crippen LogP contribution in [-0.2, 0) is 6.54 Å². The molecule has 1 aliphatic heterocycles.